The Hall–Kier alpha value is -2.71. The molecule has 1 aromatic heterocycles. The second-order valence-corrected chi connectivity index (χ2v) is 10.1. The lowest BCUT2D eigenvalue weighted by Gasteiger charge is -2.18. The highest BCUT2D eigenvalue weighted by Gasteiger charge is 2.24. The minimum atomic E-state index is -3.54. The topological polar surface area (TPSA) is 84.3 Å². The molecule has 1 heterocycles. The van der Waals surface area contributed by atoms with Crippen LogP contribution in [0.15, 0.2) is 47.4 Å². The molecule has 0 bridgehead atoms. The number of benzene rings is 2. The molecule has 0 saturated carbocycles. The number of aromatic nitrogens is 2. The van der Waals surface area contributed by atoms with Gasteiger partial charge in [-0.15, -0.1) is 0 Å². The van der Waals surface area contributed by atoms with Crippen molar-refractivity contribution in [1.82, 2.24) is 19.2 Å². The largest absolute Gasteiger partial charge is 0.349 e. The van der Waals surface area contributed by atoms with Crippen molar-refractivity contribution in [3.05, 3.63) is 59.4 Å². The first-order valence-corrected chi connectivity index (χ1v) is 12.6. The van der Waals surface area contributed by atoms with Gasteiger partial charge in [-0.05, 0) is 42.2 Å². The van der Waals surface area contributed by atoms with Gasteiger partial charge in [-0.25, -0.2) is 13.4 Å². The molecular weight excluding hydrogens is 424 g/mol. The van der Waals surface area contributed by atoms with Crippen LogP contribution in [0.2, 0.25) is 0 Å². The molecule has 2 aromatic carbocycles. The number of nitrogens with zero attached hydrogens (tertiary/aromatic N) is 3. The monoisotopic (exact) mass is 454 g/mol. The molecule has 0 unspecified atom stereocenters. The Morgan fingerprint density at radius 2 is 1.94 bits per heavy atom. The second-order valence-electron chi connectivity index (χ2n) is 8.18. The highest BCUT2D eigenvalue weighted by Crippen LogP contribution is 2.30. The van der Waals surface area contributed by atoms with E-state index in [4.69, 9.17) is 0 Å². The van der Waals surface area contributed by atoms with Crippen LogP contribution in [0, 0.1) is 0 Å². The number of rotatable bonds is 8. The molecule has 0 fully saturated rings. The summed E-state index contributed by atoms with van der Waals surface area (Å²) in [6, 6.07) is 13.4. The van der Waals surface area contributed by atoms with Crippen LogP contribution in [0.4, 0.5) is 0 Å². The summed E-state index contributed by atoms with van der Waals surface area (Å²) in [5, 5.41) is 3.15. The molecule has 0 spiro atoms. The van der Waals surface area contributed by atoms with Gasteiger partial charge < -0.3 is 9.88 Å². The van der Waals surface area contributed by atoms with Crippen LogP contribution in [0.1, 0.15) is 49.7 Å². The number of carbonyl (C=O) groups excluding carboxylic acids is 1. The minimum Gasteiger partial charge on any atom is -0.349 e. The third kappa shape index (κ3) is 4.17. The fourth-order valence-electron chi connectivity index (χ4n) is 4.53. The quantitative estimate of drug-likeness (QED) is 0.566. The lowest BCUT2D eigenvalue weighted by atomic mass is 10.1. The smallest absolute Gasteiger partial charge is 0.243 e. The Bertz CT molecular complexity index is 1250. The lowest BCUT2D eigenvalue weighted by molar-refractivity contribution is -0.121. The summed E-state index contributed by atoms with van der Waals surface area (Å²) in [6.07, 6.45) is 2.75. The molecule has 1 aliphatic carbocycles. The summed E-state index contributed by atoms with van der Waals surface area (Å²) in [4.78, 5) is 17.5. The predicted molar refractivity (Wildman–Crippen MR) is 125 cm³/mol. The van der Waals surface area contributed by atoms with Gasteiger partial charge in [-0.1, -0.05) is 38.1 Å². The first-order valence-electron chi connectivity index (χ1n) is 11.2. The number of carbonyl (C=O) groups is 1. The standard InChI is InChI=1S/C24H30N4O3S/c1-4-28(5-2)32(30,31)18-11-13-22-21(16-18)25-23(27(22)3)14-15-24(29)26-20-12-10-17-8-6-7-9-19(17)20/h6-9,11,13,16,20H,4-5,10,12,14-15H2,1-3H3,(H,26,29)/t20-/m1/s1. The van der Waals surface area contributed by atoms with Crippen LogP contribution in [0.5, 0.6) is 0 Å². The van der Waals surface area contributed by atoms with Crippen LogP contribution in [0.25, 0.3) is 11.0 Å². The zero-order chi connectivity index (χ0) is 22.9. The molecule has 7 nitrogen and oxygen atoms in total. The van der Waals surface area contributed by atoms with Gasteiger partial charge in [-0.2, -0.15) is 4.31 Å². The maximum Gasteiger partial charge on any atom is 0.243 e. The van der Waals surface area contributed by atoms with Crippen LogP contribution in [-0.4, -0.2) is 41.3 Å². The van der Waals surface area contributed by atoms with Crippen molar-refractivity contribution in [3.63, 3.8) is 0 Å². The number of hydrogen-bond acceptors (Lipinski definition) is 4. The Labute approximate surface area is 189 Å². The van der Waals surface area contributed by atoms with Gasteiger partial charge in [0, 0.05) is 33.0 Å². The van der Waals surface area contributed by atoms with Gasteiger partial charge in [0.25, 0.3) is 0 Å². The summed E-state index contributed by atoms with van der Waals surface area (Å²) < 4.78 is 29.0. The molecule has 1 aliphatic rings. The van der Waals surface area contributed by atoms with E-state index in [0.29, 0.717) is 31.4 Å². The summed E-state index contributed by atoms with van der Waals surface area (Å²) in [5.41, 5.74) is 4.00. The van der Waals surface area contributed by atoms with E-state index >= 15 is 0 Å². The molecule has 8 heteroatoms. The number of amides is 1. The van der Waals surface area contributed by atoms with Gasteiger partial charge >= 0.3 is 0 Å². The third-order valence-electron chi connectivity index (χ3n) is 6.33. The molecule has 0 radical (unpaired) electrons. The molecule has 32 heavy (non-hydrogen) atoms. The van der Waals surface area contributed by atoms with Crippen molar-refractivity contribution in [2.24, 2.45) is 7.05 Å². The zero-order valence-electron chi connectivity index (χ0n) is 18.8. The Balaban J connectivity index is 1.47. The van der Waals surface area contributed by atoms with Gasteiger partial charge in [0.15, 0.2) is 0 Å². The van der Waals surface area contributed by atoms with E-state index in [0.717, 1.165) is 24.2 Å². The fourth-order valence-corrected chi connectivity index (χ4v) is 6.00. The average molecular weight is 455 g/mol. The third-order valence-corrected chi connectivity index (χ3v) is 8.38. The van der Waals surface area contributed by atoms with Crippen molar-refractivity contribution >= 4 is 27.0 Å². The molecule has 1 amide bonds. The summed E-state index contributed by atoms with van der Waals surface area (Å²) >= 11 is 0. The molecule has 1 atom stereocenters. The fraction of sp³-hybridized carbons (Fsp3) is 0.417. The highest BCUT2D eigenvalue weighted by molar-refractivity contribution is 7.89. The molecule has 3 aromatic rings. The maximum absolute atomic E-state index is 12.8. The molecule has 4 rings (SSSR count). The number of sulfonamides is 1. The SMILES string of the molecule is CCN(CC)S(=O)(=O)c1ccc2c(c1)nc(CCC(=O)N[C@@H]1CCc3ccccc31)n2C. The van der Waals surface area contributed by atoms with Gasteiger partial charge in [-0.3, -0.25) is 4.79 Å². The molecule has 0 aliphatic heterocycles. The molecule has 0 saturated heterocycles. The van der Waals surface area contributed by atoms with Crippen LogP contribution in [-0.2, 0) is 34.7 Å². The van der Waals surface area contributed by atoms with Crippen molar-refractivity contribution in [2.75, 3.05) is 13.1 Å². The Kier molecular flexibility index (Phi) is 6.35. The maximum atomic E-state index is 12.8. The normalized spacial score (nSPS) is 15.9. The van der Waals surface area contributed by atoms with Crippen LogP contribution >= 0.6 is 0 Å². The zero-order valence-corrected chi connectivity index (χ0v) is 19.7. The second kappa shape index (κ2) is 9.03. The van der Waals surface area contributed by atoms with Crippen LogP contribution in [0.3, 0.4) is 0 Å². The lowest BCUT2D eigenvalue weighted by Crippen LogP contribution is -2.30. The van der Waals surface area contributed by atoms with Crippen molar-refractivity contribution in [1.29, 1.82) is 0 Å². The summed E-state index contributed by atoms with van der Waals surface area (Å²) in [6.45, 7) is 4.50. The van der Waals surface area contributed by atoms with Crippen molar-refractivity contribution in [2.45, 2.75) is 50.5 Å². The highest BCUT2D eigenvalue weighted by atomic mass is 32.2. The molecule has 170 valence electrons. The predicted octanol–water partition coefficient (Wildman–Crippen LogP) is 3.34. The van der Waals surface area contributed by atoms with E-state index < -0.39 is 10.0 Å². The minimum absolute atomic E-state index is 0.00330. The average Bonchev–Trinajstić information content (AvgIpc) is 3.33. The van der Waals surface area contributed by atoms with Gasteiger partial charge in [0.1, 0.15) is 5.82 Å². The van der Waals surface area contributed by atoms with E-state index in [1.165, 1.54) is 15.4 Å². The number of hydrogen-bond donors (Lipinski definition) is 1. The van der Waals surface area contributed by atoms with Gasteiger partial charge in [0.2, 0.25) is 15.9 Å². The van der Waals surface area contributed by atoms with E-state index in [1.54, 1.807) is 18.2 Å². The number of fused-ring (bicyclic) bond motifs is 2. The Morgan fingerprint density at radius 3 is 2.69 bits per heavy atom. The van der Waals surface area contributed by atoms with Crippen molar-refractivity contribution in [3.8, 4) is 0 Å². The van der Waals surface area contributed by atoms with E-state index in [2.05, 4.69) is 22.4 Å². The van der Waals surface area contributed by atoms with E-state index in [-0.39, 0.29) is 16.8 Å². The first-order chi connectivity index (χ1) is 15.3. The van der Waals surface area contributed by atoms with Gasteiger partial charge in [0.05, 0.1) is 22.0 Å². The van der Waals surface area contributed by atoms with E-state index in [1.807, 2.05) is 37.6 Å². The first kappa shape index (κ1) is 22.5. The molecular formula is C24H30N4O3S. The summed E-state index contributed by atoms with van der Waals surface area (Å²) in [5.74, 6) is 0.767. The molecule has 1 N–H and O–H groups in total. The van der Waals surface area contributed by atoms with E-state index in [9.17, 15) is 13.2 Å². The Morgan fingerprint density at radius 1 is 1.19 bits per heavy atom. The number of imidazole rings is 1. The summed E-state index contributed by atoms with van der Waals surface area (Å²) in [7, 11) is -1.64. The van der Waals surface area contributed by atoms with Crippen molar-refractivity contribution < 1.29 is 13.2 Å². The number of aryl methyl sites for hydroxylation is 3. The van der Waals surface area contributed by atoms with Crippen LogP contribution < -0.4 is 5.32 Å². The number of nitrogens with one attached hydrogen (secondary N) is 1.